The first-order valence-corrected chi connectivity index (χ1v) is 30.0. The van der Waals surface area contributed by atoms with Gasteiger partial charge in [0.15, 0.2) is 0 Å². The van der Waals surface area contributed by atoms with Crippen LogP contribution in [0, 0.1) is 83.1 Å². The molecule has 0 amide bonds. The van der Waals surface area contributed by atoms with Crippen LogP contribution >= 0.6 is 0 Å². The first-order valence-electron chi connectivity index (χ1n) is 30.0. The number of aryl methyl sites for hydroxylation is 12. The Hall–Kier alpha value is -7.82. The van der Waals surface area contributed by atoms with Crippen molar-refractivity contribution in [3.8, 4) is 0 Å². The van der Waals surface area contributed by atoms with E-state index in [0.717, 1.165) is 22.2 Å². The van der Waals surface area contributed by atoms with Gasteiger partial charge in [-0.2, -0.15) is 0 Å². The minimum absolute atomic E-state index is 0.157. The minimum atomic E-state index is -0.284. The van der Waals surface area contributed by atoms with Crippen molar-refractivity contribution in [2.24, 2.45) is 0 Å². The zero-order chi connectivity index (χ0) is 56.8. The summed E-state index contributed by atoms with van der Waals surface area (Å²) in [6.07, 6.45) is 0. The van der Waals surface area contributed by atoms with E-state index in [2.05, 4.69) is 242 Å². The van der Waals surface area contributed by atoms with Crippen LogP contribution in [0.2, 0.25) is 0 Å². The first kappa shape index (κ1) is 49.9. The summed E-state index contributed by atoms with van der Waals surface area (Å²) in [6.45, 7) is 37.1. The second-order valence-electron chi connectivity index (χ2n) is 27.1. The van der Waals surface area contributed by atoms with Gasteiger partial charge < -0.3 is 9.80 Å². The molecule has 0 atom stereocenters. The van der Waals surface area contributed by atoms with Gasteiger partial charge >= 0.3 is 0 Å². The van der Waals surface area contributed by atoms with Crippen molar-refractivity contribution in [2.45, 2.75) is 122 Å². The highest BCUT2D eigenvalue weighted by Crippen LogP contribution is 2.55. The lowest BCUT2D eigenvalue weighted by Gasteiger charge is -2.52. The van der Waals surface area contributed by atoms with Crippen LogP contribution in [0.5, 0.6) is 0 Å². The van der Waals surface area contributed by atoms with Crippen LogP contribution in [0.1, 0.15) is 117 Å². The van der Waals surface area contributed by atoms with Gasteiger partial charge in [0.25, 0.3) is 13.4 Å². The molecule has 82 heavy (non-hydrogen) atoms. The third-order valence-corrected chi connectivity index (χ3v) is 21.0. The molecule has 0 bridgehead atoms. The number of rotatable bonds is 4. The quantitative estimate of drug-likeness (QED) is 0.165. The molecule has 8 heteroatoms. The number of hydrogen-bond acceptors (Lipinski definition) is 4. The van der Waals surface area contributed by atoms with E-state index in [1.165, 1.54) is 178 Å². The Morgan fingerprint density at radius 2 is 0.524 bits per heavy atom. The van der Waals surface area contributed by atoms with Crippen molar-refractivity contribution < 1.29 is 0 Å². The SMILES string of the molecule is Cc1cc(C)c(B2c3cccc4c3N3c5c(cccc5C4(C)C)B(c4c(C)cc(C)cc4C)c4c3c2nc2c3c5c(nc42)B(c2c(C)cc(C)cc2C)c2cccc4c2N5c2c(cccc2C4(C)C)B3c2c(C)cc(C)cc2C)c(C)c1. The number of para-hydroxylation sites is 4. The predicted molar refractivity (Wildman–Crippen MR) is 354 cm³/mol. The summed E-state index contributed by atoms with van der Waals surface area (Å²) in [5, 5.41) is 0. The standard InChI is InChI=1S/C74H68B4N4/c1-37-29-41(5)57(42(6)30-37)75-53-25-17-21-49-65(53)81-67-51(73(49,13)14)23-19-27-55(67)77(59-45(9)33-39(3)34-46(59)10)71-69(81)61(75)63-64(80-71)62-70-72(79-63)78(60-47(11)35-40(4)36-48(60)12)56-28-20-24-52-68(56)82(70)66-50(74(52,15)16)22-18-26-54(66)76(62)58-43(7)31-38(2)32-44(58)8/h17-36H,1-16H3. The Balaban J connectivity index is 1.19. The highest BCUT2D eigenvalue weighted by molar-refractivity contribution is 7.06. The average molecular weight is 1060 g/mol. The molecule has 4 nitrogen and oxygen atoms in total. The van der Waals surface area contributed by atoms with Gasteiger partial charge in [-0.05, 0) is 138 Å². The smallest absolute Gasteiger partial charge is 0.270 e. The van der Waals surface area contributed by atoms with E-state index in [1.807, 2.05) is 0 Å². The van der Waals surface area contributed by atoms with Crippen LogP contribution in [-0.2, 0) is 10.8 Å². The van der Waals surface area contributed by atoms with E-state index in [9.17, 15) is 0 Å². The third-order valence-electron chi connectivity index (χ3n) is 21.0. The van der Waals surface area contributed by atoms with Crippen molar-refractivity contribution in [1.29, 1.82) is 0 Å². The Bertz CT molecular complexity index is 4230. The van der Waals surface area contributed by atoms with Crippen LogP contribution < -0.4 is 75.6 Å². The van der Waals surface area contributed by atoms with Crippen LogP contribution in [0.15, 0.2) is 121 Å². The van der Waals surface area contributed by atoms with Crippen LogP contribution in [0.3, 0.4) is 0 Å². The summed E-state index contributed by atoms with van der Waals surface area (Å²) < 4.78 is 0. The highest BCUT2D eigenvalue weighted by Gasteiger charge is 2.56. The topological polar surface area (TPSA) is 32.3 Å². The fraction of sp³-hybridized carbons (Fsp3) is 0.243. The number of pyridine rings is 2. The van der Waals surface area contributed by atoms with Gasteiger partial charge in [-0.15, -0.1) is 0 Å². The largest absolute Gasteiger partial charge is 0.310 e. The van der Waals surface area contributed by atoms with Gasteiger partial charge in [-0.1, -0.05) is 238 Å². The molecule has 10 aromatic rings. The molecule has 0 N–H and O–H groups in total. The Morgan fingerprint density at radius 3 is 0.780 bits per heavy atom. The second-order valence-corrected chi connectivity index (χ2v) is 27.1. The highest BCUT2D eigenvalue weighted by atomic mass is 15.2. The molecular weight excluding hydrogens is 988 g/mol. The number of nitrogens with zero attached hydrogens (tertiary/aromatic N) is 4. The summed E-state index contributed by atoms with van der Waals surface area (Å²) in [5.74, 6) is 0. The fourth-order valence-electron chi connectivity index (χ4n) is 18.3. The molecule has 0 saturated carbocycles. The van der Waals surface area contributed by atoms with Gasteiger partial charge in [0, 0.05) is 44.8 Å². The summed E-state index contributed by atoms with van der Waals surface area (Å²) in [4.78, 5) is 18.7. The number of anilines is 6. The molecule has 16 rings (SSSR count). The van der Waals surface area contributed by atoms with E-state index in [-0.39, 0.29) is 37.7 Å². The Morgan fingerprint density at radius 1 is 0.293 bits per heavy atom. The van der Waals surface area contributed by atoms with Crippen LogP contribution in [0.4, 0.5) is 34.1 Å². The number of benzene rings is 8. The van der Waals surface area contributed by atoms with Crippen LogP contribution in [0.25, 0.3) is 11.0 Å². The number of fused-ring (bicyclic) bond motifs is 3. The Kier molecular flexibility index (Phi) is 10.0. The number of aromatic nitrogens is 2. The molecule has 8 heterocycles. The minimum Gasteiger partial charge on any atom is -0.310 e. The lowest BCUT2D eigenvalue weighted by Crippen LogP contribution is -2.70. The van der Waals surface area contributed by atoms with E-state index >= 15 is 0 Å². The molecule has 0 fully saturated rings. The fourth-order valence-corrected chi connectivity index (χ4v) is 18.3. The summed E-state index contributed by atoms with van der Waals surface area (Å²) in [6, 6.07) is 48.3. The molecule has 396 valence electrons. The molecule has 2 aromatic heterocycles. The average Bonchev–Trinajstić information content (AvgIpc) is 0.825. The maximum atomic E-state index is 6.62. The van der Waals surface area contributed by atoms with Crippen molar-refractivity contribution in [3.63, 3.8) is 0 Å². The third kappa shape index (κ3) is 6.13. The zero-order valence-electron chi connectivity index (χ0n) is 50.6. The van der Waals surface area contributed by atoms with Crippen molar-refractivity contribution in [1.82, 2.24) is 9.97 Å². The van der Waals surface area contributed by atoms with E-state index in [1.54, 1.807) is 0 Å². The normalized spacial score (nSPS) is 15.6. The molecule has 0 saturated heterocycles. The molecule has 6 aliphatic heterocycles. The predicted octanol–water partition coefficient (Wildman–Crippen LogP) is 8.87. The van der Waals surface area contributed by atoms with E-state index < -0.39 is 0 Å². The van der Waals surface area contributed by atoms with Crippen molar-refractivity contribution in [2.75, 3.05) is 9.80 Å². The maximum absolute atomic E-state index is 6.62. The van der Waals surface area contributed by atoms with Gasteiger partial charge in [-0.25, -0.2) is 0 Å². The van der Waals surface area contributed by atoms with Gasteiger partial charge in [0.1, 0.15) is 0 Å². The summed E-state index contributed by atoms with van der Waals surface area (Å²) in [7, 11) is 0. The monoisotopic (exact) mass is 1060 g/mol. The molecule has 0 aliphatic carbocycles. The summed E-state index contributed by atoms with van der Waals surface area (Å²) >= 11 is 0. The Labute approximate surface area is 486 Å². The lowest BCUT2D eigenvalue weighted by atomic mass is 9.28. The molecule has 0 spiro atoms. The molecule has 0 radical (unpaired) electrons. The number of hydrogen-bond donors (Lipinski definition) is 0. The van der Waals surface area contributed by atoms with E-state index in [4.69, 9.17) is 9.97 Å². The van der Waals surface area contributed by atoms with Crippen LogP contribution in [-0.4, -0.2) is 36.8 Å². The van der Waals surface area contributed by atoms with E-state index in [0.29, 0.717) is 0 Å². The van der Waals surface area contributed by atoms with Crippen molar-refractivity contribution in [3.05, 3.63) is 210 Å². The van der Waals surface area contributed by atoms with Gasteiger partial charge in [0.05, 0.1) is 22.4 Å². The molecule has 8 aromatic carbocycles. The molecular formula is C74H68B4N4. The van der Waals surface area contributed by atoms with Gasteiger partial charge in [0.2, 0.25) is 13.4 Å². The van der Waals surface area contributed by atoms with Crippen molar-refractivity contribution >= 4 is 138 Å². The van der Waals surface area contributed by atoms with Gasteiger partial charge in [-0.3, -0.25) is 9.97 Å². The molecule has 6 aliphatic rings. The second kappa shape index (κ2) is 16.5. The lowest BCUT2D eigenvalue weighted by molar-refractivity contribution is 0.633. The molecule has 0 unspecified atom stereocenters. The zero-order valence-corrected chi connectivity index (χ0v) is 50.6. The summed E-state index contributed by atoms with van der Waals surface area (Å²) in [5.41, 5.74) is 45.8. The first-order chi connectivity index (χ1) is 39.2. The maximum Gasteiger partial charge on any atom is 0.270 e.